The number of likely N-dealkylation sites (N-methyl/N-ethyl adjacent to an activating group) is 1. The Balaban J connectivity index is 0. The first kappa shape index (κ1) is 16.7. The van der Waals surface area contributed by atoms with Gasteiger partial charge in [0.2, 0.25) is 0 Å². The summed E-state index contributed by atoms with van der Waals surface area (Å²) in [5.74, 6) is -0.111. The molecule has 90 valence electrons. The lowest BCUT2D eigenvalue weighted by Gasteiger charge is -2.20. The van der Waals surface area contributed by atoms with Gasteiger partial charge in [-0.2, -0.15) is 0 Å². The fraction of sp³-hybridized carbons (Fsp3) is 0.727. The minimum absolute atomic E-state index is 0.419. The average molecular weight is 236 g/mol. The van der Waals surface area contributed by atoms with E-state index in [2.05, 4.69) is 0 Å². The molecule has 0 saturated carbocycles. The molecule has 0 atom stereocenters. The predicted molar refractivity (Wildman–Crippen MR) is 65.3 cm³/mol. The van der Waals surface area contributed by atoms with Crippen LogP contribution in [0.25, 0.3) is 0 Å². The SMILES string of the molecule is CC/C=C(\C(=O)O)N(CC)CC.CCCl. The van der Waals surface area contributed by atoms with Crippen LogP contribution in [0.2, 0.25) is 0 Å². The number of carboxylic acids is 1. The lowest BCUT2D eigenvalue weighted by Crippen LogP contribution is -2.27. The van der Waals surface area contributed by atoms with Crippen molar-refractivity contribution in [3.8, 4) is 0 Å². The van der Waals surface area contributed by atoms with Gasteiger partial charge in [-0.25, -0.2) is 4.79 Å². The molecule has 0 saturated heterocycles. The lowest BCUT2D eigenvalue weighted by atomic mass is 10.3. The Hall–Kier alpha value is -0.700. The first-order valence-electron chi connectivity index (χ1n) is 5.33. The second-order valence-corrected chi connectivity index (χ2v) is 3.28. The van der Waals surface area contributed by atoms with Crippen molar-refractivity contribution < 1.29 is 9.90 Å². The molecule has 0 radical (unpaired) electrons. The Bertz CT molecular complexity index is 189. The Morgan fingerprint density at radius 2 is 1.67 bits per heavy atom. The fourth-order valence-corrected chi connectivity index (χ4v) is 1.11. The van der Waals surface area contributed by atoms with Gasteiger partial charge < -0.3 is 10.0 Å². The summed E-state index contributed by atoms with van der Waals surface area (Å²) in [6.45, 7) is 9.23. The molecule has 0 rings (SSSR count). The van der Waals surface area contributed by atoms with Crippen LogP contribution in [0.1, 0.15) is 34.1 Å². The summed E-state index contributed by atoms with van der Waals surface area (Å²) in [6.07, 6.45) is 2.51. The Morgan fingerprint density at radius 1 is 1.27 bits per heavy atom. The predicted octanol–water partition coefficient (Wildman–Crippen LogP) is 2.95. The number of carboxylic acid groups (broad SMARTS) is 1. The molecule has 0 fully saturated rings. The van der Waals surface area contributed by atoms with Gasteiger partial charge in [0, 0.05) is 19.0 Å². The van der Waals surface area contributed by atoms with Crippen LogP contribution in [0.4, 0.5) is 0 Å². The number of allylic oxidation sites excluding steroid dienone is 1. The topological polar surface area (TPSA) is 40.5 Å². The monoisotopic (exact) mass is 235 g/mol. The third-order valence-corrected chi connectivity index (χ3v) is 1.72. The van der Waals surface area contributed by atoms with Crippen LogP contribution in [0.3, 0.4) is 0 Å². The van der Waals surface area contributed by atoms with Crippen molar-refractivity contribution in [2.24, 2.45) is 0 Å². The Morgan fingerprint density at radius 3 is 1.87 bits per heavy atom. The molecule has 0 heterocycles. The number of alkyl halides is 1. The summed E-state index contributed by atoms with van der Waals surface area (Å²) in [6, 6.07) is 0. The van der Waals surface area contributed by atoms with Crippen molar-refractivity contribution in [2.45, 2.75) is 34.1 Å². The molecule has 0 amide bonds. The van der Waals surface area contributed by atoms with E-state index in [1.807, 2.05) is 32.6 Å². The second kappa shape index (κ2) is 11.4. The van der Waals surface area contributed by atoms with E-state index >= 15 is 0 Å². The highest BCUT2D eigenvalue weighted by atomic mass is 35.5. The molecule has 3 nitrogen and oxygen atoms in total. The summed E-state index contributed by atoms with van der Waals surface area (Å²) >= 11 is 5.00. The van der Waals surface area contributed by atoms with Gasteiger partial charge in [0.25, 0.3) is 0 Å². The number of hydrogen-bond acceptors (Lipinski definition) is 2. The van der Waals surface area contributed by atoms with Gasteiger partial charge in [-0.3, -0.25) is 0 Å². The molecular weight excluding hydrogens is 214 g/mol. The zero-order chi connectivity index (χ0) is 12.3. The highest BCUT2D eigenvalue weighted by molar-refractivity contribution is 6.17. The van der Waals surface area contributed by atoms with Crippen LogP contribution in [-0.2, 0) is 4.79 Å². The quantitative estimate of drug-likeness (QED) is 0.588. The molecule has 0 aliphatic rings. The lowest BCUT2D eigenvalue weighted by molar-refractivity contribution is -0.134. The number of hydrogen-bond donors (Lipinski definition) is 1. The van der Waals surface area contributed by atoms with E-state index in [-0.39, 0.29) is 0 Å². The highest BCUT2D eigenvalue weighted by Crippen LogP contribution is 2.04. The molecule has 0 spiro atoms. The first-order chi connectivity index (χ1) is 7.08. The van der Waals surface area contributed by atoms with E-state index in [1.54, 1.807) is 6.08 Å². The standard InChI is InChI=1S/C9H17NO2.C2H5Cl/c1-4-7-8(9(11)12)10(5-2)6-3;1-2-3/h7H,4-6H2,1-3H3,(H,11,12);2H2,1H3/b8-7+;. The number of aliphatic carboxylic acids is 1. The van der Waals surface area contributed by atoms with E-state index in [4.69, 9.17) is 16.7 Å². The van der Waals surface area contributed by atoms with Crippen LogP contribution >= 0.6 is 11.6 Å². The van der Waals surface area contributed by atoms with Crippen molar-refractivity contribution >= 4 is 17.6 Å². The van der Waals surface area contributed by atoms with E-state index < -0.39 is 5.97 Å². The number of halogens is 1. The summed E-state index contributed by atoms with van der Waals surface area (Å²) < 4.78 is 0. The van der Waals surface area contributed by atoms with E-state index in [0.717, 1.165) is 25.4 Å². The molecule has 0 aliphatic heterocycles. The van der Waals surface area contributed by atoms with Gasteiger partial charge in [0.15, 0.2) is 0 Å². The van der Waals surface area contributed by atoms with Gasteiger partial charge >= 0.3 is 5.97 Å². The minimum Gasteiger partial charge on any atom is -0.477 e. The number of nitrogens with zero attached hydrogens (tertiary/aromatic N) is 1. The van der Waals surface area contributed by atoms with E-state index in [1.165, 1.54) is 0 Å². The second-order valence-electron chi connectivity index (χ2n) is 2.74. The third kappa shape index (κ3) is 8.30. The van der Waals surface area contributed by atoms with Crippen molar-refractivity contribution in [2.75, 3.05) is 19.0 Å². The van der Waals surface area contributed by atoms with Gasteiger partial charge in [0.05, 0.1) is 0 Å². The molecule has 0 aromatic carbocycles. The summed E-state index contributed by atoms with van der Waals surface area (Å²) in [4.78, 5) is 12.6. The maximum absolute atomic E-state index is 10.7. The van der Waals surface area contributed by atoms with Gasteiger partial charge in [0.1, 0.15) is 5.70 Å². The highest BCUT2D eigenvalue weighted by Gasteiger charge is 2.11. The smallest absolute Gasteiger partial charge is 0.351 e. The van der Waals surface area contributed by atoms with Crippen molar-refractivity contribution in [3.05, 3.63) is 11.8 Å². The van der Waals surface area contributed by atoms with E-state index in [0.29, 0.717) is 5.70 Å². The summed E-state index contributed by atoms with van der Waals surface area (Å²) in [5, 5.41) is 8.83. The zero-order valence-corrected chi connectivity index (χ0v) is 10.8. The molecule has 0 aromatic heterocycles. The minimum atomic E-state index is -0.833. The molecule has 0 aliphatic carbocycles. The third-order valence-electron chi connectivity index (χ3n) is 1.72. The van der Waals surface area contributed by atoms with Gasteiger partial charge in [-0.05, 0) is 20.3 Å². The largest absolute Gasteiger partial charge is 0.477 e. The zero-order valence-electron chi connectivity index (χ0n) is 10.1. The molecule has 1 N–H and O–H groups in total. The van der Waals surface area contributed by atoms with Crippen LogP contribution in [0, 0.1) is 0 Å². The molecular formula is C11H22ClNO2. The fourth-order valence-electron chi connectivity index (χ4n) is 1.11. The summed E-state index contributed by atoms with van der Waals surface area (Å²) in [7, 11) is 0. The van der Waals surface area contributed by atoms with Crippen LogP contribution in [0.15, 0.2) is 11.8 Å². The Kier molecular flexibility index (Phi) is 12.7. The maximum atomic E-state index is 10.7. The van der Waals surface area contributed by atoms with Crippen molar-refractivity contribution in [1.82, 2.24) is 4.90 Å². The van der Waals surface area contributed by atoms with E-state index in [9.17, 15) is 4.79 Å². The first-order valence-corrected chi connectivity index (χ1v) is 5.86. The number of rotatable bonds is 5. The van der Waals surface area contributed by atoms with Crippen molar-refractivity contribution in [1.29, 1.82) is 0 Å². The molecule has 0 unspecified atom stereocenters. The maximum Gasteiger partial charge on any atom is 0.351 e. The van der Waals surface area contributed by atoms with Crippen LogP contribution in [-0.4, -0.2) is 34.9 Å². The van der Waals surface area contributed by atoms with Crippen molar-refractivity contribution in [3.63, 3.8) is 0 Å². The molecule has 4 heteroatoms. The van der Waals surface area contributed by atoms with Crippen LogP contribution in [0.5, 0.6) is 0 Å². The average Bonchev–Trinajstić information content (AvgIpc) is 2.19. The molecule has 15 heavy (non-hydrogen) atoms. The summed E-state index contributed by atoms with van der Waals surface area (Å²) in [5.41, 5.74) is 0.419. The van der Waals surface area contributed by atoms with Gasteiger partial charge in [-0.15, -0.1) is 11.6 Å². The van der Waals surface area contributed by atoms with Gasteiger partial charge in [-0.1, -0.05) is 19.9 Å². The normalized spacial score (nSPS) is 10.3. The Labute approximate surface area is 97.7 Å². The number of carbonyl (C=O) groups is 1. The molecule has 0 bridgehead atoms. The van der Waals surface area contributed by atoms with Crippen LogP contribution < -0.4 is 0 Å². The molecule has 0 aromatic rings.